The second-order valence-electron chi connectivity index (χ2n) is 9.19. The van der Waals surface area contributed by atoms with Gasteiger partial charge in [-0.1, -0.05) is 29.8 Å². The number of amides is 2. The SMILES string of the molecule is O=C(Nc1ccc(C2CCN(C(=O)c3c(Cl)ccc4c3OCO4)CC2)cc1)c1cccc(-n2cncn2)c1. The summed E-state index contributed by atoms with van der Waals surface area (Å²) in [6.07, 6.45) is 4.69. The number of fused-ring (bicyclic) bond motifs is 1. The molecule has 0 unspecified atom stereocenters. The van der Waals surface area contributed by atoms with E-state index in [1.807, 2.05) is 41.3 Å². The fraction of sp³-hybridized carbons (Fsp3) is 0.214. The molecular formula is C28H24ClN5O4. The molecule has 0 saturated carbocycles. The Balaban J connectivity index is 1.07. The Morgan fingerprint density at radius 2 is 1.82 bits per heavy atom. The van der Waals surface area contributed by atoms with E-state index in [0.29, 0.717) is 52.3 Å². The molecule has 0 bridgehead atoms. The minimum atomic E-state index is -0.202. The van der Waals surface area contributed by atoms with Crippen molar-refractivity contribution in [3.05, 3.63) is 95.0 Å². The van der Waals surface area contributed by atoms with E-state index < -0.39 is 0 Å². The van der Waals surface area contributed by atoms with E-state index in [9.17, 15) is 9.59 Å². The van der Waals surface area contributed by atoms with Crippen LogP contribution in [0.4, 0.5) is 5.69 Å². The number of piperidine rings is 1. The number of hydrogen-bond acceptors (Lipinski definition) is 6. The van der Waals surface area contributed by atoms with E-state index in [4.69, 9.17) is 21.1 Å². The maximum Gasteiger partial charge on any atom is 0.259 e. The molecule has 4 aromatic rings. The average Bonchev–Trinajstić information content (AvgIpc) is 3.66. The van der Waals surface area contributed by atoms with Crippen LogP contribution in [0.1, 0.15) is 45.0 Å². The predicted octanol–water partition coefficient (Wildman–Crippen LogP) is 4.92. The zero-order valence-electron chi connectivity index (χ0n) is 20.3. The number of carbonyl (C=O) groups is 2. The molecule has 2 aliphatic heterocycles. The topological polar surface area (TPSA) is 98.6 Å². The number of ether oxygens (including phenoxy) is 2. The van der Waals surface area contributed by atoms with Crippen molar-refractivity contribution in [2.45, 2.75) is 18.8 Å². The van der Waals surface area contributed by atoms with Crippen LogP contribution in [0.25, 0.3) is 5.69 Å². The van der Waals surface area contributed by atoms with Crippen molar-refractivity contribution in [3.63, 3.8) is 0 Å². The van der Waals surface area contributed by atoms with Gasteiger partial charge in [0.15, 0.2) is 11.5 Å². The largest absolute Gasteiger partial charge is 0.454 e. The maximum atomic E-state index is 13.2. The minimum absolute atomic E-state index is 0.0872. The second-order valence-corrected chi connectivity index (χ2v) is 9.60. The Morgan fingerprint density at radius 1 is 1.00 bits per heavy atom. The first-order valence-electron chi connectivity index (χ1n) is 12.3. The zero-order valence-corrected chi connectivity index (χ0v) is 21.1. The number of rotatable bonds is 5. The van der Waals surface area contributed by atoms with Gasteiger partial charge in [0.2, 0.25) is 6.79 Å². The highest BCUT2D eigenvalue weighted by atomic mass is 35.5. The lowest BCUT2D eigenvalue weighted by Gasteiger charge is -2.32. The number of likely N-dealkylation sites (tertiary alicyclic amines) is 1. The number of halogens is 1. The second kappa shape index (κ2) is 10.2. The Bertz CT molecular complexity index is 1480. The Kier molecular flexibility index (Phi) is 6.43. The smallest absolute Gasteiger partial charge is 0.259 e. The molecule has 9 nitrogen and oxygen atoms in total. The maximum absolute atomic E-state index is 13.2. The van der Waals surface area contributed by atoms with Crippen molar-refractivity contribution in [1.82, 2.24) is 19.7 Å². The Labute approximate surface area is 224 Å². The van der Waals surface area contributed by atoms with Crippen molar-refractivity contribution < 1.29 is 19.1 Å². The van der Waals surface area contributed by atoms with Gasteiger partial charge in [-0.2, -0.15) is 5.10 Å². The summed E-state index contributed by atoms with van der Waals surface area (Å²) in [6, 6.07) is 18.5. The fourth-order valence-corrected chi connectivity index (χ4v) is 5.12. The monoisotopic (exact) mass is 529 g/mol. The molecule has 0 aliphatic carbocycles. The Morgan fingerprint density at radius 3 is 2.58 bits per heavy atom. The van der Waals surface area contributed by atoms with Crippen molar-refractivity contribution in [2.24, 2.45) is 0 Å². The third-order valence-electron chi connectivity index (χ3n) is 6.92. The van der Waals surface area contributed by atoms with Crippen molar-refractivity contribution in [3.8, 4) is 17.2 Å². The molecule has 3 aromatic carbocycles. The molecule has 0 spiro atoms. The molecule has 6 rings (SSSR count). The normalized spacial score (nSPS) is 14.9. The summed E-state index contributed by atoms with van der Waals surface area (Å²) in [7, 11) is 0. The molecule has 1 aromatic heterocycles. The standard InChI is InChI=1S/C28H24ClN5O4/c29-23-8-9-24-26(38-17-37-24)25(23)28(36)33-12-10-19(11-13-33)18-4-6-21(7-5-18)32-27(35)20-2-1-3-22(14-20)34-16-30-15-31-34/h1-9,14-16,19H,10-13,17H2,(H,32,35). The van der Waals surface area contributed by atoms with Gasteiger partial charge in [-0.15, -0.1) is 0 Å². The molecule has 2 amide bonds. The molecule has 0 atom stereocenters. The molecule has 38 heavy (non-hydrogen) atoms. The minimum Gasteiger partial charge on any atom is -0.454 e. The summed E-state index contributed by atoms with van der Waals surface area (Å²) in [5.41, 5.74) is 3.55. The molecule has 10 heteroatoms. The number of nitrogens with zero attached hydrogens (tertiary/aromatic N) is 4. The molecule has 1 N–H and O–H groups in total. The summed E-state index contributed by atoms with van der Waals surface area (Å²) in [6.45, 7) is 1.32. The van der Waals surface area contributed by atoms with Crippen molar-refractivity contribution >= 4 is 29.1 Å². The summed E-state index contributed by atoms with van der Waals surface area (Å²) in [4.78, 5) is 31.8. The lowest BCUT2D eigenvalue weighted by molar-refractivity contribution is 0.0708. The van der Waals surface area contributed by atoms with Crippen LogP contribution in [0.15, 0.2) is 73.3 Å². The Hall–Kier alpha value is -4.37. The number of carbonyl (C=O) groups excluding carboxylic acids is 2. The van der Waals surface area contributed by atoms with E-state index in [2.05, 4.69) is 15.4 Å². The summed E-state index contributed by atoms with van der Waals surface area (Å²) < 4.78 is 12.5. The zero-order chi connectivity index (χ0) is 26.1. The number of benzene rings is 3. The highest BCUT2D eigenvalue weighted by molar-refractivity contribution is 6.34. The number of hydrogen-bond donors (Lipinski definition) is 1. The predicted molar refractivity (Wildman–Crippen MR) is 141 cm³/mol. The fourth-order valence-electron chi connectivity index (χ4n) is 4.89. The molecule has 1 saturated heterocycles. The van der Waals surface area contributed by atoms with Crippen LogP contribution in [0, 0.1) is 0 Å². The number of aromatic nitrogens is 3. The van der Waals surface area contributed by atoms with Crippen molar-refractivity contribution in [1.29, 1.82) is 0 Å². The van der Waals surface area contributed by atoms with Crippen LogP contribution in [0.2, 0.25) is 5.02 Å². The van der Waals surface area contributed by atoms with Gasteiger partial charge in [-0.25, -0.2) is 9.67 Å². The summed E-state index contributed by atoms with van der Waals surface area (Å²) >= 11 is 6.35. The van der Waals surface area contributed by atoms with Crippen molar-refractivity contribution in [2.75, 3.05) is 25.2 Å². The van der Waals surface area contributed by atoms with Gasteiger partial charge in [-0.05, 0) is 66.8 Å². The van der Waals surface area contributed by atoms with Gasteiger partial charge >= 0.3 is 0 Å². The average molecular weight is 530 g/mol. The molecular weight excluding hydrogens is 506 g/mol. The third-order valence-corrected chi connectivity index (χ3v) is 7.23. The van der Waals surface area contributed by atoms with Gasteiger partial charge in [0.25, 0.3) is 11.8 Å². The molecule has 3 heterocycles. The molecule has 0 radical (unpaired) electrons. The highest BCUT2D eigenvalue weighted by Gasteiger charge is 2.31. The lowest BCUT2D eigenvalue weighted by Crippen LogP contribution is -2.38. The summed E-state index contributed by atoms with van der Waals surface area (Å²) in [5, 5.41) is 7.43. The van der Waals surface area contributed by atoms with E-state index in [1.165, 1.54) is 11.9 Å². The van der Waals surface area contributed by atoms with Gasteiger partial charge in [0.1, 0.15) is 18.2 Å². The van der Waals surface area contributed by atoms with E-state index in [1.54, 1.807) is 35.3 Å². The third kappa shape index (κ3) is 4.68. The van der Waals surface area contributed by atoms with Gasteiger partial charge in [-0.3, -0.25) is 9.59 Å². The quantitative estimate of drug-likeness (QED) is 0.394. The van der Waals surface area contributed by atoms with E-state index >= 15 is 0 Å². The van der Waals surface area contributed by atoms with E-state index in [0.717, 1.165) is 18.5 Å². The molecule has 1 fully saturated rings. The van der Waals surface area contributed by atoms with Crippen LogP contribution >= 0.6 is 11.6 Å². The lowest BCUT2D eigenvalue weighted by atomic mass is 9.89. The van der Waals surface area contributed by atoms with Crippen LogP contribution in [-0.4, -0.2) is 51.4 Å². The van der Waals surface area contributed by atoms with Gasteiger partial charge in [0.05, 0.1) is 10.7 Å². The van der Waals surface area contributed by atoms with E-state index in [-0.39, 0.29) is 18.6 Å². The molecule has 192 valence electrons. The van der Waals surface area contributed by atoms with Crippen LogP contribution in [0.5, 0.6) is 11.5 Å². The van der Waals surface area contributed by atoms with Gasteiger partial charge in [0, 0.05) is 24.3 Å². The number of anilines is 1. The first-order valence-corrected chi connectivity index (χ1v) is 12.7. The van der Waals surface area contributed by atoms with Gasteiger partial charge < -0.3 is 19.7 Å². The first kappa shape index (κ1) is 24.0. The van der Waals surface area contributed by atoms with Crippen LogP contribution in [-0.2, 0) is 0 Å². The highest BCUT2D eigenvalue weighted by Crippen LogP contribution is 2.41. The first-order chi connectivity index (χ1) is 18.6. The summed E-state index contributed by atoms with van der Waals surface area (Å²) in [5.74, 6) is 0.948. The number of nitrogens with one attached hydrogen (secondary N) is 1. The van der Waals surface area contributed by atoms with Crippen LogP contribution < -0.4 is 14.8 Å². The van der Waals surface area contributed by atoms with Crippen LogP contribution in [0.3, 0.4) is 0 Å². The molecule has 2 aliphatic rings.